The highest BCUT2D eigenvalue weighted by molar-refractivity contribution is 6.33. The second kappa shape index (κ2) is 5.29. The Labute approximate surface area is 133 Å². The van der Waals surface area contributed by atoms with Crippen LogP contribution in [0, 0.1) is 0 Å². The van der Waals surface area contributed by atoms with E-state index in [-0.39, 0.29) is 0 Å². The zero-order valence-electron chi connectivity index (χ0n) is 12.2. The smallest absolute Gasteiger partial charge is 0.144 e. The average molecular weight is 313 g/mol. The number of hydrogen-bond acceptors (Lipinski definition) is 3. The summed E-state index contributed by atoms with van der Waals surface area (Å²) in [5.74, 6) is 0. The SMILES string of the molecule is Nc1ccc(-c2cn(C3CCCC3)c3ncncc23)cc1Cl. The van der Waals surface area contributed by atoms with Gasteiger partial charge >= 0.3 is 0 Å². The molecule has 1 saturated carbocycles. The first kappa shape index (κ1) is 13.6. The molecule has 1 fully saturated rings. The third-order valence-corrected chi connectivity index (χ3v) is 4.85. The minimum Gasteiger partial charge on any atom is -0.398 e. The van der Waals surface area contributed by atoms with Crippen LogP contribution in [0.1, 0.15) is 31.7 Å². The maximum atomic E-state index is 6.19. The molecule has 112 valence electrons. The minimum absolute atomic E-state index is 0.537. The van der Waals surface area contributed by atoms with E-state index >= 15 is 0 Å². The summed E-state index contributed by atoms with van der Waals surface area (Å²) in [7, 11) is 0. The van der Waals surface area contributed by atoms with Gasteiger partial charge in [0.2, 0.25) is 0 Å². The molecule has 22 heavy (non-hydrogen) atoms. The summed E-state index contributed by atoms with van der Waals surface area (Å²) in [6.07, 6.45) is 10.7. The van der Waals surface area contributed by atoms with Crippen molar-refractivity contribution < 1.29 is 0 Å². The van der Waals surface area contributed by atoms with E-state index in [1.54, 1.807) is 6.33 Å². The molecular weight excluding hydrogens is 296 g/mol. The van der Waals surface area contributed by atoms with Crippen molar-refractivity contribution in [1.29, 1.82) is 0 Å². The topological polar surface area (TPSA) is 56.7 Å². The van der Waals surface area contributed by atoms with Crippen LogP contribution in [0.3, 0.4) is 0 Å². The number of nitrogens with two attached hydrogens (primary N) is 1. The van der Waals surface area contributed by atoms with Crippen molar-refractivity contribution in [2.24, 2.45) is 0 Å². The van der Waals surface area contributed by atoms with Gasteiger partial charge in [0, 0.05) is 29.4 Å². The first-order valence-corrected chi connectivity index (χ1v) is 7.98. The summed E-state index contributed by atoms with van der Waals surface area (Å²) in [4.78, 5) is 8.70. The van der Waals surface area contributed by atoms with Gasteiger partial charge in [-0.2, -0.15) is 0 Å². The molecule has 3 aromatic rings. The lowest BCUT2D eigenvalue weighted by Gasteiger charge is -2.12. The molecule has 4 rings (SSSR count). The van der Waals surface area contributed by atoms with E-state index in [0.717, 1.165) is 22.2 Å². The zero-order valence-corrected chi connectivity index (χ0v) is 12.9. The standard InChI is InChI=1S/C17H17ClN4/c18-15-7-11(5-6-16(15)19)14-9-22(12-3-1-2-4-12)17-13(14)8-20-10-21-17/h5-10,12H,1-4,19H2. The molecule has 0 radical (unpaired) electrons. The van der Waals surface area contributed by atoms with Crippen LogP contribution in [0.25, 0.3) is 22.2 Å². The van der Waals surface area contributed by atoms with Crippen molar-refractivity contribution in [3.63, 3.8) is 0 Å². The Morgan fingerprint density at radius 3 is 2.82 bits per heavy atom. The summed E-state index contributed by atoms with van der Waals surface area (Å²) in [6.45, 7) is 0. The number of fused-ring (bicyclic) bond motifs is 1. The van der Waals surface area contributed by atoms with Crippen molar-refractivity contribution in [3.05, 3.63) is 41.9 Å². The third-order valence-electron chi connectivity index (χ3n) is 4.52. The molecule has 0 unspecified atom stereocenters. The molecule has 2 heterocycles. The highest BCUT2D eigenvalue weighted by Crippen LogP contribution is 2.37. The predicted molar refractivity (Wildman–Crippen MR) is 89.9 cm³/mol. The molecule has 0 spiro atoms. The quantitative estimate of drug-likeness (QED) is 0.711. The molecule has 0 atom stereocenters. The summed E-state index contributed by atoms with van der Waals surface area (Å²) in [5.41, 5.74) is 9.59. The van der Waals surface area contributed by atoms with E-state index in [1.165, 1.54) is 25.7 Å². The molecule has 1 aromatic carbocycles. The van der Waals surface area contributed by atoms with Gasteiger partial charge in [-0.15, -0.1) is 0 Å². The number of halogens is 1. The van der Waals surface area contributed by atoms with Gasteiger partial charge in [-0.3, -0.25) is 0 Å². The number of rotatable bonds is 2. The summed E-state index contributed by atoms with van der Waals surface area (Å²) < 4.78 is 2.31. The van der Waals surface area contributed by atoms with Gasteiger partial charge in [-0.1, -0.05) is 30.5 Å². The summed E-state index contributed by atoms with van der Waals surface area (Å²) >= 11 is 6.19. The van der Waals surface area contributed by atoms with Gasteiger partial charge in [0.25, 0.3) is 0 Å². The molecule has 1 aliphatic rings. The Morgan fingerprint density at radius 1 is 1.23 bits per heavy atom. The zero-order chi connectivity index (χ0) is 15.1. The predicted octanol–water partition coefficient (Wildman–Crippen LogP) is 4.45. The van der Waals surface area contributed by atoms with E-state index in [4.69, 9.17) is 17.3 Å². The number of aromatic nitrogens is 3. The lowest BCUT2D eigenvalue weighted by molar-refractivity contribution is 0.532. The largest absolute Gasteiger partial charge is 0.398 e. The Morgan fingerprint density at radius 2 is 2.05 bits per heavy atom. The van der Waals surface area contributed by atoms with Gasteiger partial charge in [0.1, 0.15) is 12.0 Å². The van der Waals surface area contributed by atoms with Gasteiger partial charge in [-0.05, 0) is 30.5 Å². The fourth-order valence-electron chi connectivity index (χ4n) is 3.37. The van der Waals surface area contributed by atoms with Gasteiger partial charge in [0.15, 0.2) is 0 Å². The lowest BCUT2D eigenvalue weighted by atomic mass is 10.1. The van der Waals surface area contributed by atoms with Crippen LogP contribution in [0.15, 0.2) is 36.9 Å². The van der Waals surface area contributed by atoms with Crippen LogP contribution >= 0.6 is 11.6 Å². The maximum Gasteiger partial charge on any atom is 0.144 e. The summed E-state index contributed by atoms with van der Waals surface area (Å²) in [5, 5.41) is 1.64. The molecule has 2 N–H and O–H groups in total. The summed E-state index contributed by atoms with van der Waals surface area (Å²) in [6, 6.07) is 6.30. The Balaban J connectivity index is 1.92. The van der Waals surface area contributed by atoms with Crippen LogP contribution in [-0.4, -0.2) is 14.5 Å². The molecule has 0 saturated heterocycles. The molecule has 5 heteroatoms. The number of benzene rings is 1. The molecule has 0 amide bonds. The molecule has 0 bridgehead atoms. The van der Waals surface area contributed by atoms with Crippen LogP contribution in [0.5, 0.6) is 0 Å². The van der Waals surface area contributed by atoms with Crippen molar-refractivity contribution in [2.75, 3.05) is 5.73 Å². The highest BCUT2D eigenvalue weighted by Gasteiger charge is 2.21. The fraction of sp³-hybridized carbons (Fsp3) is 0.294. The lowest BCUT2D eigenvalue weighted by Crippen LogP contribution is -2.03. The van der Waals surface area contributed by atoms with Crippen molar-refractivity contribution >= 4 is 28.3 Å². The maximum absolute atomic E-state index is 6.19. The van der Waals surface area contributed by atoms with E-state index in [2.05, 4.69) is 20.7 Å². The molecular formula is C17H17ClN4. The Kier molecular flexibility index (Phi) is 3.26. The van der Waals surface area contributed by atoms with Crippen LogP contribution in [0.2, 0.25) is 5.02 Å². The average Bonchev–Trinajstić information content (AvgIpc) is 3.17. The van der Waals surface area contributed by atoms with Gasteiger partial charge in [-0.25, -0.2) is 9.97 Å². The monoisotopic (exact) mass is 312 g/mol. The van der Waals surface area contributed by atoms with E-state index in [0.29, 0.717) is 16.8 Å². The third kappa shape index (κ3) is 2.15. The molecule has 4 nitrogen and oxygen atoms in total. The fourth-order valence-corrected chi connectivity index (χ4v) is 3.55. The first-order valence-electron chi connectivity index (χ1n) is 7.60. The molecule has 0 aliphatic heterocycles. The number of nitrogen functional groups attached to an aromatic ring is 1. The van der Waals surface area contributed by atoms with E-state index in [9.17, 15) is 0 Å². The second-order valence-electron chi connectivity index (χ2n) is 5.88. The minimum atomic E-state index is 0.537. The highest BCUT2D eigenvalue weighted by atomic mass is 35.5. The van der Waals surface area contributed by atoms with Crippen molar-refractivity contribution in [2.45, 2.75) is 31.7 Å². The van der Waals surface area contributed by atoms with Crippen LogP contribution in [0.4, 0.5) is 5.69 Å². The second-order valence-corrected chi connectivity index (χ2v) is 6.29. The van der Waals surface area contributed by atoms with Gasteiger partial charge in [0.05, 0.1) is 10.7 Å². The number of nitrogens with zero attached hydrogens (tertiary/aromatic N) is 3. The van der Waals surface area contributed by atoms with Crippen molar-refractivity contribution in [1.82, 2.24) is 14.5 Å². The molecule has 1 aliphatic carbocycles. The Bertz CT molecular complexity index is 834. The molecule has 2 aromatic heterocycles. The van der Waals surface area contributed by atoms with Gasteiger partial charge < -0.3 is 10.3 Å². The van der Waals surface area contributed by atoms with Crippen LogP contribution in [-0.2, 0) is 0 Å². The first-order chi connectivity index (χ1) is 10.7. The number of anilines is 1. The van der Waals surface area contributed by atoms with Crippen molar-refractivity contribution in [3.8, 4) is 11.1 Å². The Hall–Kier alpha value is -2.07. The van der Waals surface area contributed by atoms with E-state index < -0.39 is 0 Å². The normalized spacial score (nSPS) is 15.7. The van der Waals surface area contributed by atoms with E-state index in [1.807, 2.05) is 24.4 Å². The van der Waals surface area contributed by atoms with Crippen LogP contribution < -0.4 is 5.73 Å². The number of hydrogen-bond donors (Lipinski definition) is 1.